The van der Waals surface area contributed by atoms with Gasteiger partial charge in [-0.25, -0.2) is 4.39 Å². The smallest absolute Gasteiger partial charge is 0.126 e. The van der Waals surface area contributed by atoms with E-state index in [2.05, 4.69) is 5.32 Å². The summed E-state index contributed by atoms with van der Waals surface area (Å²) in [5, 5.41) is 3.53. The second-order valence-corrected chi connectivity index (χ2v) is 4.63. The van der Waals surface area contributed by atoms with Gasteiger partial charge in [0.15, 0.2) is 0 Å². The molecule has 1 atom stereocenters. The van der Waals surface area contributed by atoms with Crippen LogP contribution in [0.5, 0.6) is 0 Å². The van der Waals surface area contributed by atoms with Crippen LogP contribution in [0.15, 0.2) is 18.2 Å². The van der Waals surface area contributed by atoms with E-state index in [1.54, 1.807) is 6.07 Å². The van der Waals surface area contributed by atoms with Gasteiger partial charge in [-0.15, -0.1) is 0 Å². The van der Waals surface area contributed by atoms with Crippen molar-refractivity contribution in [2.24, 2.45) is 0 Å². The van der Waals surface area contributed by atoms with Gasteiger partial charge < -0.3 is 5.32 Å². The third-order valence-corrected chi connectivity index (χ3v) is 3.39. The van der Waals surface area contributed by atoms with Crippen LogP contribution in [-0.2, 0) is 12.8 Å². The molecular formula is C14H20FN. The van der Waals surface area contributed by atoms with E-state index in [-0.39, 0.29) is 5.82 Å². The molecule has 0 spiro atoms. The van der Waals surface area contributed by atoms with Crippen LogP contribution in [0.3, 0.4) is 0 Å². The van der Waals surface area contributed by atoms with E-state index in [4.69, 9.17) is 0 Å². The molecule has 1 saturated heterocycles. The van der Waals surface area contributed by atoms with Gasteiger partial charge in [-0.2, -0.15) is 0 Å². The summed E-state index contributed by atoms with van der Waals surface area (Å²) in [5.41, 5.74) is 2.10. The first-order chi connectivity index (χ1) is 7.79. The van der Waals surface area contributed by atoms with Gasteiger partial charge in [-0.1, -0.05) is 25.5 Å². The van der Waals surface area contributed by atoms with Crippen molar-refractivity contribution in [2.75, 3.05) is 6.54 Å². The van der Waals surface area contributed by atoms with Crippen molar-refractivity contribution in [1.29, 1.82) is 0 Å². The number of aryl methyl sites for hydroxylation is 1. The molecule has 1 aliphatic heterocycles. The maximum Gasteiger partial charge on any atom is 0.126 e. The second kappa shape index (κ2) is 5.44. The summed E-state index contributed by atoms with van der Waals surface area (Å²) in [7, 11) is 0. The Kier molecular flexibility index (Phi) is 3.94. The first-order valence-electron chi connectivity index (χ1n) is 6.30. The molecule has 1 aromatic carbocycles. The lowest BCUT2D eigenvalue weighted by Gasteiger charge is -2.23. The molecule has 2 rings (SSSR count). The van der Waals surface area contributed by atoms with Crippen LogP contribution >= 0.6 is 0 Å². The molecule has 1 heterocycles. The Labute approximate surface area is 97.1 Å². The van der Waals surface area contributed by atoms with Gasteiger partial charge in [0.05, 0.1) is 0 Å². The summed E-state index contributed by atoms with van der Waals surface area (Å²) in [4.78, 5) is 0. The van der Waals surface area contributed by atoms with Crippen LogP contribution in [-0.4, -0.2) is 12.6 Å². The zero-order chi connectivity index (χ0) is 11.4. The van der Waals surface area contributed by atoms with E-state index in [1.807, 2.05) is 19.1 Å². The monoisotopic (exact) mass is 221 g/mol. The molecule has 1 aromatic rings. The standard InChI is InChI=1S/C14H20FN/c1-2-12-9-11(6-7-14(12)15)10-13-5-3-4-8-16-13/h6-7,9,13,16H,2-5,8,10H2,1H3. The van der Waals surface area contributed by atoms with Crippen LogP contribution < -0.4 is 5.32 Å². The van der Waals surface area contributed by atoms with Crippen molar-refractivity contribution < 1.29 is 4.39 Å². The van der Waals surface area contributed by atoms with Crippen LogP contribution in [0.4, 0.5) is 4.39 Å². The molecule has 1 N–H and O–H groups in total. The van der Waals surface area contributed by atoms with Crippen LogP contribution in [0.25, 0.3) is 0 Å². The van der Waals surface area contributed by atoms with Gasteiger partial charge in [0.2, 0.25) is 0 Å². The summed E-state index contributed by atoms with van der Waals surface area (Å²) in [6, 6.07) is 6.14. The molecule has 2 heteroatoms. The van der Waals surface area contributed by atoms with Crippen molar-refractivity contribution in [3.05, 3.63) is 35.1 Å². The van der Waals surface area contributed by atoms with E-state index in [0.717, 1.165) is 24.9 Å². The Morgan fingerprint density at radius 2 is 2.25 bits per heavy atom. The zero-order valence-electron chi connectivity index (χ0n) is 9.93. The van der Waals surface area contributed by atoms with Gasteiger partial charge in [0.1, 0.15) is 5.82 Å². The van der Waals surface area contributed by atoms with Crippen LogP contribution in [0, 0.1) is 5.82 Å². The van der Waals surface area contributed by atoms with Gasteiger partial charge >= 0.3 is 0 Å². The minimum Gasteiger partial charge on any atom is -0.314 e. The normalized spacial score (nSPS) is 21.0. The molecule has 1 unspecified atom stereocenters. The fraction of sp³-hybridized carbons (Fsp3) is 0.571. The molecule has 16 heavy (non-hydrogen) atoms. The molecule has 0 bridgehead atoms. The Morgan fingerprint density at radius 1 is 1.38 bits per heavy atom. The highest BCUT2D eigenvalue weighted by Crippen LogP contribution is 2.16. The maximum absolute atomic E-state index is 13.3. The maximum atomic E-state index is 13.3. The van der Waals surface area contributed by atoms with E-state index in [9.17, 15) is 4.39 Å². The Bertz CT molecular complexity index is 343. The Hall–Kier alpha value is -0.890. The van der Waals surface area contributed by atoms with Crippen molar-refractivity contribution in [2.45, 2.75) is 45.1 Å². The van der Waals surface area contributed by atoms with E-state index in [0.29, 0.717) is 6.04 Å². The first kappa shape index (κ1) is 11.6. The molecule has 1 fully saturated rings. The lowest BCUT2D eigenvalue weighted by atomic mass is 9.96. The molecule has 0 aromatic heterocycles. The number of hydrogen-bond acceptors (Lipinski definition) is 1. The summed E-state index contributed by atoms with van der Waals surface area (Å²) >= 11 is 0. The van der Waals surface area contributed by atoms with Gasteiger partial charge in [0.25, 0.3) is 0 Å². The van der Waals surface area contributed by atoms with Crippen molar-refractivity contribution >= 4 is 0 Å². The molecule has 0 aliphatic carbocycles. The summed E-state index contributed by atoms with van der Waals surface area (Å²) in [5.74, 6) is -0.0668. The first-order valence-corrected chi connectivity index (χ1v) is 6.30. The number of halogens is 1. The van der Waals surface area contributed by atoms with Gasteiger partial charge in [-0.05, 0) is 49.4 Å². The molecule has 0 radical (unpaired) electrons. The number of nitrogens with one attached hydrogen (secondary N) is 1. The lowest BCUT2D eigenvalue weighted by Crippen LogP contribution is -2.35. The summed E-state index contributed by atoms with van der Waals surface area (Å²) < 4.78 is 13.3. The molecule has 88 valence electrons. The highest BCUT2D eigenvalue weighted by Gasteiger charge is 2.13. The molecule has 1 aliphatic rings. The Balaban J connectivity index is 2.03. The topological polar surface area (TPSA) is 12.0 Å². The van der Waals surface area contributed by atoms with Crippen LogP contribution in [0.1, 0.15) is 37.3 Å². The van der Waals surface area contributed by atoms with E-state index in [1.165, 1.54) is 24.8 Å². The predicted octanol–water partition coefficient (Wildman–Crippen LogP) is 3.07. The average molecular weight is 221 g/mol. The van der Waals surface area contributed by atoms with Crippen molar-refractivity contribution in [1.82, 2.24) is 5.32 Å². The fourth-order valence-electron chi connectivity index (χ4n) is 2.41. The molecule has 1 nitrogen and oxygen atoms in total. The van der Waals surface area contributed by atoms with E-state index < -0.39 is 0 Å². The minimum atomic E-state index is -0.0668. The summed E-state index contributed by atoms with van der Waals surface area (Å²) in [6.07, 6.45) is 5.67. The largest absolute Gasteiger partial charge is 0.314 e. The minimum absolute atomic E-state index is 0.0668. The van der Waals surface area contributed by atoms with Gasteiger partial charge in [-0.3, -0.25) is 0 Å². The molecular weight excluding hydrogens is 201 g/mol. The SMILES string of the molecule is CCc1cc(CC2CCCCN2)ccc1F. The molecule has 0 amide bonds. The zero-order valence-corrected chi connectivity index (χ0v) is 9.93. The molecule has 0 saturated carbocycles. The highest BCUT2D eigenvalue weighted by atomic mass is 19.1. The third-order valence-electron chi connectivity index (χ3n) is 3.39. The number of benzene rings is 1. The number of rotatable bonds is 3. The van der Waals surface area contributed by atoms with Crippen LogP contribution in [0.2, 0.25) is 0 Å². The van der Waals surface area contributed by atoms with Crippen molar-refractivity contribution in [3.8, 4) is 0 Å². The number of hydrogen-bond donors (Lipinski definition) is 1. The second-order valence-electron chi connectivity index (χ2n) is 4.63. The quantitative estimate of drug-likeness (QED) is 0.827. The fourth-order valence-corrected chi connectivity index (χ4v) is 2.41. The lowest BCUT2D eigenvalue weighted by molar-refractivity contribution is 0.399. The van der Waals surface area contributed by atoms with Gasteiger partial charge in [0, 0.05) is 6.04 Å². The highest BCUT2D eigenvalue weighted by molar-refractivity contribution is 5.25. The predicted molar refractivity (Wildman–Crippen MR) is 65.1 cm³/mol. The third kappa shape index (κ3) is 2.82. The Morgan fingerprint density at radius 3 is 2.94 bits per heavy atom. The van der Waals surface area contributed by atoms with E-state index >= 15 is 0 Å². The number of piperidine rings is 1. The average Bonchev–Trinajstić information content (AvgIpc) is 2.33. The summed E-state index contributed by atoms with van der Waals surface area (Å²) in [6.45, 7) is 3.13. The van der Waals surface area contributed by atoms with Crippen molar-refractivity contribution in [3.63, 3.8) is 0 Å².